The molecule has 1 aromatic carbocycles. The Hall–Kier alpha value is -2.29. The summed E-state index contributed by atoms with van der Waals surface area (Å²) >= 11 is 0.948. The quantitative estimate of drug-likeness (QED) is 0.654. The van der Waals surface area contributed by atoms with E-state index in [4.69, 9.17) is 5.11 Å². The average Bonchev–Trinajstić information content (AvgIpc) is 2.83. The monoisotopic (exact) mass is 388 g/mol. The van der Waals surface area contributed by atoms with E-state index in [2.05, 4.69) is 10.3 Å². The third-order valence-electron chi connectivity index (χ3n) is 3.85. The van der Waals surface area contributed by atoms with Gasteiger partial charge in [0, 0.05) is 5.92 Å². The van der Waals surface area contributed by atoms with Crippen molar-refractivity contribution in [1.29, 1.82) is 0 Å². The minimum Gasteiger partial charge on any atom is -0.492 e. The summed E-state index contributed by atoms with van der Waals surface area (Å²) in [6.07, 6.45) is -4.76. The zero-order valence-corrected chi connectivity index (χ0v) is 15.2. The topological polar surface area (TPSA) is 82.5 Å². The van der Waals surface area contributed by atoms with E-state index in [1.54, 1.807) is 0 Å². The minimum atomic E-state index is -4.54. The summed E-state index contributed by atoms with van der Waals surface area (Å²) in [6.45, 7) is 5.48. The number of para-hydroxylation sites is 1. The number of hydrogen-bond acceptors (Lipinski definition) is 5. The van der Waals surface area contributed by atoms with Gasteiger partial charge in [0.2, 0.25) is 5.88 Å². The van der Waals surface area contributed by atoms with Crippen molar-refractivity contribution in [1.82, 2.24) is 4.98 Å². The number of alkyl halides is 3. The molecular formula is C17H19F3N2O3S. The number of carboxylic acid groups (broad SMARTS) is 1. The standard InChI is InChI=1S/C17H19F3N2O3S/c1-16(2,3)10(8-12(23)24)13-14(25)22-15(26-13)21-11-7-5-4-6-9(11)17(18,19)20/h4-7,10,25H,8H2,1-3H3,(H,21,22)(H,23,24). The van der Waals surface area contributed by atoms with Crippen LogP contribution in [-0.2, 0) is 11.0 Å². The number of carbonyl (C=O) groups is 1. The van der Waals surface area contributed by atoms with Crippen LogP contribution >= 0.6 is 11.3 Å². The Bertz CT molecular complexity index is 797. The molecule has 26 heavy (non-hydrogen) atoms. The fraction of sp³-hybridized carbons (Fsp3) is 0.412. The number of halogens is 3. The van der Waals surface area contributed by atoms with E-state index in [1.165, 1.54) is 18.2 Å². The molecule has 3 N–H and O–H groups in total. The van der Waals surface area contributed by atoms with Crippen molar-refractivity contribution in [3.05, 3.63) is 34.7 Å². The molecular weight excluding hydrogens is 369 g/mol. The molecule has 142 valence electrons. The zero-order valence-electron chi connectivity index (χ0n) is 14.4. The molecule has 0 aliphatic heterocycles. The fourth-order valence-electron chi connectivity index (χ4n) is 2.53. The highest BCUT2D eigenvalue weighted by Crippen LogP contribution is 2.46. The predicted octanol–water partition coefficient (Wildman–Crippen LogP) is 5.22. The molecule has 2 rings (SSSR count). The third kappa shape index (κ3) is 4.66. The highest BCUT2D eigenvalue weighted by Gasteiger charge is 2.35. The molecule has 1 heterocycles. The highest BCUT2D eigenvalue weighted by atomic mass is 32.1. The van der Waals surface area contributed by atoms with Crippen LogP contribution in [0.1, 0.15) is 43.6 Å². The minimum absolute atomic E-state index is 0.0637. The summed E-state index contributed by atoms with van der Waals surface area (Å²) in [4.78, 5) is 15.4. The second kappa shape index (κ2) is 7.14. The van der Waals surface area contributed by atoms with Crippen molar-refractivity contribution in [2.75, 3.05) is 5.32 Å². The van der Waals surface area contributed by atoms with Crippen LogP contribution in [0.2, 0.25) is 0 Å². The third-order valence-corrected chi connectivity index (χ3v) is 4.92. The first-order chi connectivity index (χ1) is 11.9. The van der Waals surface area contributed by atoms with Gasteiger partial charge in [-0.25, -0.2) is 0 Å². The van der Waals surface area contributed by atoms with Crippen molar-refractivity contribution in [3.63, 3.8) is 0 Å². The van der Waals surface area contributed by atoms with Crippen LogP contribution in [0.15, 0.2) is 24.3 Å². The van der Waals surface area contributed by atoms with Gasteiger partial charge in [-0.05, 0) is 17.5 Å². The van der Waals surface area contributed by atoms with Crippen molar-refractivity contribution in [2.24, 2.45) is 5.41 Å². The number of benzene rings is 1. The number of rotatable bonds is 5. The Morgan fingerprint density at radius 3 is 2.42 bits per heavy atom. The number of thiazole rings is 1. The van der Waals surface area contributed by atoms with Crippen molar-refractivity contribution in [3.8, 4) is 5.88 Å². The van der Waals surface area contributed by atoms with Crippen LogP contribution in [0.4, 0.5) is 24.0 Å². The van der Waals surface area contributed by atoms with Crippen LogP contribution in [0.25, 0.3) is 0 Å². The first-order valence-corrected chi connectivity index (χ1v) is 8.56. The van der Waals surface area contributed by atoms with Gasteiger partial charge in [0.05, 0.1) is 22.5 Å². The Morgan fingerprint density at radius 1 is 1.27 bits per heavy atom. The number of carboxylic acids is 1. The molecule has 1 atom stereocenters. The normalized spacial score (nSPS) is 13.5. The van der Waals surface area contributed by atoms with Crippen LogP contribution < -0.4 is 5.32 Å². The first kappa shape index (κ1) is 20.0. The summed E-state index contributed by atoms with van der Waals surface area (Å²) in [6, 6.07) is 4.94. The lowest BCUT2D eigenvalue weighted by Gasteiger charge is -2.28. The van der Waals surface area contributed by atoms with Gasteiger partial charge in [-0.3, -0.25) is 4.79 Å². The molecule has 9 heteroatoms. The van der Waals surface area contributed by atoms with E-state index in [-0.39, 0.29) is 23.1 Å². The Kier molecular flexibility index (Phi) is 5.50. The Labute approximate surface area is 152 Å². The molecule has 0 radical (unpaired) electrons. The Morgan fingerprint density at radius 2 is 1.88 bits per heavy atom. The van der Waals surface area contributed by atoms with E-state index in [9.17, 15) is 23.1 Å². The summed E-state index contributed by atoms with van der Waals surface area (Å²) < 4.78 is 39.3. The maximum Gasteiger partial charge on any atom is 0.418 e. The van der Waals surface area contributed by atoms with Crippen molar-refractivity contribution >= 4 is 28.1 Å². The molecule has 0 aliphatic carbocycles. The van der Waals surface area contributed by atoms with Gasteiger partial charge in [0.25, 0.3) is 0 Å². The summed E-state index contributed by atoms with van der Waals surface area (Å²) in [5.74, 6) is -1.94. The van der Waals surface area contributed by atoms with E-state index < -0.39 is 29.0 Å². The Balaban J connectivity index is 2.38. The summed E-state index contributed by atoms with van der Waals surface area (Å²) in [5, 5.41) is 21.9. The second-order valence-electron chi connectivity index (χ2n) is 6.89. The van der Waals surface area contributed by atoms with E-state index in [1.807, 2.05) is 20.8 Å². The van der Waals surface area contributed by atoms with Crippen molar-refractivity contribution in [2.45, 2.75) is 39.3 Å². The second-order valence-corrected chi connectivity index (χ2v) is 7.92. The van der Waals surface area contributed by atoms with Gasteiger partial charge < -0.3 is 15.5 Å². The lowest BCUT2D eigenvalue weighted by atomic mass is 9.78. The molecule has 5 nitrogen and oxygen atoms in total. The number of anilines is 2. The molecule has 1 aromatic heterocycles. The van der Waals surface area contributed by atoms with Gasteiger partial charge in [0.1, 0.15) is 0 Å². The molecule has 0 spiro atoms. The molecule has 0 amide bonds. The fourth-order valence-corrected chi connectivity index (χ4v) is 3.74. The molecule has 0 saturated carbocycles. The number of aliphatic carboxylic acids is 1. The predicted molar refractivity (Wildman–Crippen MR) is 93.0 cm³/mol. The first-order valence-electron chi connectivity index (χ1n) is 7.74. The van der Waals surface area contributed by atoms with E-state index in [0.29, 0.717) is 4.88 Å². The summed E-state index contributed by atoms with van der Waals surface area (Å²) in [7, 11) is 0. The molecule has 0 aliphatic rings. The lowest BCUT2D eigenvalue weighted by Crippen LogP contribution is -2.20. The maximum absolute atomic E-state index is 13.1. The molecule has 2 aromatic rings. The van der Waals surface area contributed by atoms with Crippen LogP contribution in [-0.4, -0.2) is 21.2 Å². The number of nitrogens with one attached hydrogen (secondary N) is 1. The van der Waals surface area contributed by atoms with E-state index >= 15 is 0 Å². The van der Waals surface area contributed by atoms with Gasteiger partial charge in [-0.1, -0.05) is 44.2 Å². The van der Waals surface area contributed by atoms with Crippen LogP contribution in [0.3, 0.4) is 0 Å². The molecule has 0 saturated heterocycles. The molecule has 1 unspecified atom stereocenters. The average molecular weight is 388 g/mol. The van der Waals surface area contributed by atoms with Gasteiger partial charge >= 0.3 is 12.1 Å². The van der Waals surface area contributed by atoms with Gasteiger partial charge in [0.15, 0.2) is 5.13 Å². The molecule has 0 bridgehead atoms. The van der Waals surface area contributed by atoms with E-state index in [0.717, 1.165) is 17.4 Å². The largest absolute Gasteiger partial charge is 0.492 e. The van der Waals surface area contributed by atoms with Crippen LogP contribution in [0, 0.1) is 5.41 Å². The maximum atomic E-state index is 13.1. The van der Waals surface area contributed by atoms with Gasteiger partial charge in [-0.2, -0.15) is 18.2 Å². The summed E-state index contributed by atoms with van der Waals surface area (Å²) in [5.41, 5.74) is -1.52. The zero-order chi connectivity index (χ0) is 19.7. The number of nitrogens with zero attached hydrogens (tertiary/aromatic N) is 1. The highest BCUT2D eigenvalue weighted by molar-refractivity contribution is 7.16. The van der Waals surface area contributed by atoms with Crippen LogP contribution in [0.5, 0.6) is 5.88 Å². The lowest BCUT2D eigenvalue weighted by molar-refractivity contribution is -0.138. The number of aromatic hydroxyl groups is 1. The number of aromatic nitrogens is 1. The van der Waals surface area contributed by atoms with Gasteiger partial charge in [-0.15, -0.1) is 0 Å². The smallest absolute Gasteiger partial charge is 0.418 e. The van der Waals surface area contributed by atoms with Crippen molar-refractivity contribution < 1.29 is 28.2 Å². The molecule has 0 fully saturated rings. The SMILES string of the molecule is CC(C)(C)C(CC(=O)O)c1sc(Nc2ccccc2C(F)(F)F)nc1O. The number of hydrogen-bond donors (Lipinski definition) is 3.